The average molecular weight is 328 g/mol. The lowest BCUT2D eigenvalue weighted by Crippen LogP contribution is -2.35. The van der Waals surface area contributed by atoms with Crippen LogP contribution in [0.2, 0.25) is 0 Å². The van der Waals surface area contributed by atoms with Crippen LogP contribution >= 0.6 is 0 Å². The summed E-state index contributed by atoms with van der Waals surface area (Å²) < 4.78 is 6.04. The minimum absolute atomic E-state index is 0.0679. The maximum absolute atomic E-state index is 11.7. The lowest BCUT2D eigenvalue weighted by molar-refractivity contribution is -0.138. The summed E-state index contributed by atoms with van der Waals surface area (Å²) in [5, 5.41) is 14.1. The molecule has 0 aromatic heterocycles. The van der Waals surface area contributed by atoms with E-state index in [0.717, 1.165) is 25.0 Å². The van der Waals surface area contributed by atoms with Crippen LogP contribution in [-0.2, 0) is 14.3 Å². The number of hydrogen-bond acceptors (Lipinski definition) is 4. The Kier molecular flexibility index (Phi) is 10.3. The minimum Gasteiger partial charge on any atom is -0.491 e. The van der Waals surface area contributed by atoms with Crippen molar-refractivity contribution in [1.82, 2.24) is 10.6 Å². The fraction of sp³-hybridized carbons (Fsp3) is 0.765. The number of carbonyl (C=O) groups is 2. The van der Waals surface area contributed by atoms with Gasteiger partial charge in [-0.3, -0.25) is 9.59 Å². The van der Waals surface area contributed by atoms with E-state index in [1.807, 2.05) is 27.8 Å². The number of amides is 1. The van der Waals surface area contributed by atoms with E-state index in [0.29, 0.717) is 6.42 Å². The largest absolute Gasteiger partial charge is 0.491 e. The summed E-state index contributed by atoms with van der Waals surface area (Å²) in [5.74, 6) is -0.462. The number of aliphatic carboxylic acids is 1. The highest BCUT2D eigenvalue weighted by molar-refractivity contribution is 5.81. The van der Waals surface area contributed by atoms with Gasteiger partial charge in [-0.25, -0.2) is 0 Å². The number of unbranched alkanes of at least 4 members (excludes halogenated alkanes) is 2. The van der Waals surface area contributed by atoms with Crippen LogP contribution in [0.25, 0.3) is 0 Å². The second-order valence-electron chi connectivity index (χ2n) is 6.51. The SMILES string of the molecule is CCCC/C=C(/OC(C)(C)C)C(CCC(=O)NCC(=O)O)NC. The predicted octanol–water partition coefficient (Wildman–Crippen LogP) is 2.44. The van der Waals surface area contributed by atoms with Crippen molar-refractivity contribution in [2.45, 2.75) is 71.4 Å². The van der Waals surface area contributed by atoms with Crippen molar-refractivity contribution < 1.29 is 19.4 Å². The van der Waals surface area contributed by atoms with Gasteiger partial charge in [-0.15, -0.1) is 0 Å². The van der Waals surface area contributed by atoms with Gasteiger partial charge in [-0.1, -0.05) is 13.3 Å². The number of carboxylic acids is 1. The Bertz CT molecular complexity index is 400. The molecule has 0 aliphatic carbocycles. The summed E-state index contributed by atoms with van der Waals surface area (Å²) in [4.78, 5) is 22.1. The number of likely N-dealkylation sites (N-methyl/N-ethyl adjacent to an activating group) is 1. The molecule has 1 amide bonds. The highest BCUT2D eigenvalue weighted by Crippen LogP contribution is 2.20. The number of hydrogen-bond donors (Lipinski definition) is 3. The molecule has 0 aliphatic rings. The van der Waals surface area contributed by atoms with Gasteiger partial charge >= 0.3 is 5.97 Å². The lowest BCUT2D eigenvalue weighted by Gasteiger charge is -2.28. The first kappa shape index (κ1) is 21.4. The maximum Gasteiger partial charge on any atom is 0.322 e. The van der Waals surface area contributed by atoms with Crippen LogP contribution < -0.4 is 10.6 Å². The fourth-order valence-electron chi connectivity index (χ4n) is 2.02. The Balaban J connectivity index is 4.70. The van der Waals surface area contributed by atoms with E-state index in [2.05, 4.69) is 23.6 Å². The molecular weight excluding hydrogens is 296 g/mol. The Hall–Kier alpha value is -1.56. The molecule has 0 aromatic rings. The van der Waals surface area contributed by atoms with Crippen LogP contribution in [-0.4, -0.2) is 42.2 Å². The van der Waals surface area contributed by atoms with E-state index in [1.54, 1.807) is 0 Å². The monoisotopic (exact) mass is 328 g/mol. The van der Waals surface area contributed by atoms with Crippen molar-refractivity contribution in [2.75, 3.05) is 13.6 Å². The minimum atomic E-state index is -1.04. The van der Waals surface area contributed by atoms with E-state index in [1.165, 1.54) is 0 Å². The first-order chi connectivity index (χ1) is 10.7. The number of allylic oxidation sites excluding steroid dienone is 1. The van der Waals surface area contributed by atoms with E-state index < -0.39 is 5.97 Å². The molecule has 6 nitrogen and oxygen atoms in total. The van der Waals surface area contributed by atoms with Crippen molar-refractivity contribution in [3.05, 3.63) is 11.8 Å². The van der Waals surface area contributed by atoms with Gasteiger partial charge in [-0.2, -0.15) is 0 Å². The first-order valence-corrected chi connectivity index (χ1v) is 8.24. The molecule has 0 aromatic carbocycles. The van der Waals surface area contributed by atoms with Crippen molar-refractivity contribution in [2.24, 2.45) is 0 Å². The Labute approximate surface area is 139 Å². The van der Waals surface area contributed by atoms with Gasteiger partial charge < -0.3 is 20.5 Å². The zero-order valence-corrected chi connectivity index (χ0v) is 15.1. The molecule has 0 fully saturated rings. The molecule has 1 atom stereocenters. The van der Waals surface area contributed by atoms with Crippen LogP contribution in [0, 0.1) is 0 Å². The molecule has 0 radical (unpaired) electrons. The molecule has 0 heterocycles. The van der Waals surface area contributed by atoms with Crippen LogP contribution in [0.5, 0.6) is 0 Å². The van der Waals surface area contributed by atoms with E-state index in [4.69, 9.17) is 9.84 Å². The Morgan fingerprint density at radius 2 is 1.96 bits per heavy atom. The average Bonchev–Trinajstić information content (AvgIpc) is 2.44. The quantitative estimate of drug-likeness (QED) is 0.400. The molecule has 1 unspecified atom stereocenters. The van der Waals surface area contributed by atoms with Crippen molar-refractivity contribution in [3.8, 4) is 0 Å². The maximum atomic E-state index is 11.7. The molecule has 23 heavy (non-hydrogen) atoms. The first-order valence-electron chi connectivity index (χ1n) is 8.24. The topological polar surface area (TPSA) is 87.7 Å². The molecule has 0 saturated heterocycles. The van der Waals surface area contributed by atoms with Crippen LogP contribution in [0.15, 0.2) is 11.8 Å². The molecular formula is C17H32N2O4. The molecule has 0 rings (SSSR count). The van der Waals surface area contributed by atoms with Crippen molar-refractivity contribution >= 4 is 11.9 Å². The summed E-state index contributed by atoms with van der Waals surface area (Å²) >= 11 is 0. The normalized spacial score (nSPS) is 13.5. The summed E-state index contributed by atoms with van der Waals surface area (Å²) in [6.45, 7) is 7.77. The molecule has 6 heteroatoms. The Morgan fingerprint density at radius 3 is 2.43 bits per heavy atom. The third kappa shape index (κ3) is 11.6. The van der Waals surface area contributed by atoms with Gasteiger partial charge in [-0.05, 0) is 53.2 Å². The van der Waals surface area contributed by atoms with Gasteiger partial charge in [0.2, 0.25) is 5.91 Å². The molecule has 0 spiro atoms. The smallest absolute Gasteiger partial charge is 0.322 e. The number of carbonyl (C=O) groups excluding carboxylic acids is 1. The number of ether oxygens (including phenoxy) is 1. The fourth-order valence-corrected chi connectivity index (χ4v) is 2.02. The molecule has 0 saturated carbocycles. The zero-order chi connectivity index (χ0) is 17.9. The van der Waals surface area contributed by atoms with Crippen LogP contribution in [0.4, 0.5) is 0 Å². The van der Waals surface area contributed by atoms with Crippen molar-refractivity contribution in [3.63, 3.8) is 0 Å². The number of carboxylic acid groups (broad SMARTS) is 1. The van der Waals surface area contributed by atoms with E-state index in [9.17, 15) is 9.59 Å². The van der Waals surface area contributed by atoms with Crippen LogP contribution in [0.3, 0.4) is 0 Å². The van der Waals surface area contributed by atoms with Gasteiger partial charge in [0.05, 0.1) is 6.04 Å². The molecule has 0 bridgehead atoms. The highest BCUT2D eigenvalue weighted by Gasteiger charge is 2.21. The van der Waals surface area contributed by atoms with Gasteiger partial charge in [0.1, 0.15) is 17.9 Å². The van der Waals surface area contributed by atoms with Gasteiger partial charge in [0.25, 0.3) is 0 Å². The number of nitrogens with one attached hydrogen (secondary N) is 2. The summed E-state index contributed by atoms with van der Waals surface area (Å²) in [5.41, 5.74) is -0.307. The van der Waals surface area contributed by atoms with Gasteiger partial charge in [0.15, 0.2) is 0 Å². The second-order valence-corrected chi connectivity index (χ2v) is 6.51. The molecule has 3 N–H and O–H groups in total. The predicted molar refractivity (Wildman–Crippen MR) is 91.2 cm³/mol. The molecule has 0 aliphatic heterocycles. The highest BCUT2D eigenvalue weighted by atomic mass is 16.5. The number of rotatable bonds is 11. The lowest BCUT2D eigenvalue weighted by atomic mass is 10.1. The van der Waals surface area contributed by atoms with Crippen LogP contribution in [0.1, 0.15) is 59.8 Å². The summed E-state index contributed by atoms with van der Waals surface area (Å²) in [7, 11) is 1.83. The van der Waals surface area contributed by atoms with E-state index >= 15 is 0 Å². The zero-order valence-electron chi connectivity index (χ0n) is 15.1. The third-order valence-electron chi connectivity index (χ3n) is 3.12. The van der Waals surface area contributed by atoms with E-state index in [-0.39, 0.29) is 30.5 Å². The standard InChI is InChI=1S/C17H32N2O4/c1-6-7-8-9-14(23-17(2,3)4)13(18-5)10-11-15(20)19-12-16(21)22/h9,13,18H,6-8,10-12H2,1-5H3,(H,19,20)(H,21,22)/b14-9+. The summed E-state index contributed by atoms with van der Waals surface area (Å²) in [6, 6.07) is -0.0679. The third-order valence-corrected chi connectivity index (χ3v) is 3.12. The summed E-state index contributed by atoms with van der Waals surface area (Å²) in [6.07, 6.45) is 6.03. The second kappa shape index (κ2) is 11.0. The van der Waals surface area contributed by atoms with Gasteiger partial charge in [0, 0.05) is 6.42 Å². The Morgan fingerprint density at radius 1 is 1.30 bits per heavy atom. The molecule has 134 valence electrons. The van der Waals surface area contributed by atoms with Crippen molar-refractivity contribution in [1.29, 1.82) is 0 Å².